The molecule has 0 aromatic rings. The minimum absolute atomic E-state index is 0.431. The van der Waals surface area contributed by atoms with Crippen LogP contribution in [0.3, 0.4) is 0 Å². The van der Waals surface area contributed by atoms with Gasteiger partial charge in [0.15, 0.2) is 16.6 Å². The molecule has 0 heterocycles. The van der Waals surface area contributed by atoms with E-state index in [-0.39, 0.29) is 0 Å². The molecule has 268 valence electrons. The average Bonchev–Trinajstić information content (AvgIpc) is 3.37. The maximum Gasteiger partial charge on any atom is 0.184 e. The summed E-state index contributed by atoms with van der Waals surface area (Å²) in [5.41, 5.74) is 0. The van der Waals surface area contributed by atoms with Crippen LogP contribution < -0.4 is 0 Å². The van der Waals surface area contributed by atoms with Crippen molar-refractivity contribution < 1.29 is 8.85 Å². The fourth-order valence-corrected chi connectivity index (χ4v) is 9.62. The predicted octanol–water partition coefficient (Wildman–Crippen LogP) is 13.7. The number of unbranched alkanes of at least 4 members (excludes halogenated alkanes) is 4. The van der Waals surface area contributed by atoms with E-state index in [9.17, 15) is 0 Å². The Kier molecular flexibility index (Phi) is 20.8. The van der Waals surface area contributed by atoms with Crippen molar-refractivity contribution in [2.45, 2.75) is 171 Å². The van der Waals surface area contributed by atoms with Crippen LogP contribution in [0, 0.1) is 47.3 Å². The van der Waals surface area contributed by atoms with Gasteiger partial charge in [0, 0.05) is 12.0 Å². The van der Waals surface area contributed by atoms with Crippen LogP contribution in [0.15, 0.2) is 48.6 Å². The highest BCUT2D eigenvalue weighted by Gasteiger charge is 2.42. The smallest absolute Gasteiger partial charge is 0.184 e. The summed E-state index contributed by atoms with van der Waals surface area (Å²) in [5, 5.41) is 0. The van der Waals surface area contributed by atoms with Gasteiger partial charge >= 0.3 is 0 Å². The first-order valence-electron chi connectivity index (χ1n) is 19.5. The average molecular weight is 673 g/mol. The molecule has 2 aliphatic rings. The molecule has 8 atom stereocenters. The van der Waals surface area contributed by atoms with E-state index in [0.717, 1.165) is 17.8 Å². The van der Waals surface area contributed by atoms with Crippen LogP contribution in [0.2, 0.25) is 39.3 Å². The first-order valence-corrected chi connectivity index (χ1v) is 26.3. The molecule has 0 amide bonds. The minimum atomic E-state index is -1.48. The third-order valence-electron chi connectivity index (χ3n) is 9.54. The molecular formula is C42H80O2Si2. The zero-order valence-corrected chi connectivity index (χ0v) is 35.3. The van der Waals surface area contributed by atoms with E-state index in [1.165, 1.54) is 64.2 Å². The second-order valence-corrected chi connectivity index (χ2v) is 26.3. The van der Waals surface area contributed by atoms with Crippen molar-refractivity contribution >= 4 is 16.6 Å². The molecule has 0 N–H and O–H groups in total. The van der Waals surface area contributed by atoms with Crippen molar-refractivity contribution in [2.75, 3.05) is 0 Å². The monoisotopic (exact) mass is 673 g/mol. The first kappa shape index (κ1) is 43.3. The Morgan fingerprint density at radius 3 is 1.48 bits per heavy atom. The molecular weight excluding hydrogens is 593 g/mol. The van der Waals surface area contributed by atoms with Crippen LogP contribution in [0.4, 0.5) is 0 Å². The molecule has 4 heteroatoms. The second-order valence-electron chi connectivity index (χ2n) is 17.4. The second kappa shape index (κ2) is 22.1. The van der Waals surface area contributed by atoms with Crippen LogP contribution in [0.1, 0.15) is 120 Å². The number of hydrogen-bond donors (Lipinski definition) is 0. The molecule has 2 unspecified atom stereocenters. The summed E-state index contributed by atoms with van der Waals surface area (Å²) in [6.45, 7) is 32.4. The van der Waals surface area contributed by atoms with E-state index in [1.807, 2.05) is 0 Å². The van der Waals surface area contributed by atoms with Gasteiger partial charge < -0.3 is 8.85 Å². The molecule has 2 nitrogen and oxygen atoms in total. The SMILES string of the molecule is CCCC/C=C\CC1[C@@H](C=CC(C)C)[C@H](O[Si](C)(C)C)C[C@@H]1C.CCCC/C=C\CC1[C@@H](O[Si](C)(C)C)C[C@@H](C)[C@@H]1C=CC(C)C. The molecule has 0 aromatic carbocycles. The van der Waals surface area contributed by atoms with Gasteiger partial charge in [-0.1, -0.05) is 130 Å². The van der Waals surface area contributed by atoms with Gasteiger partial charge in [-0.2, -0.15) is 0 Å². The highest BCUT2D eigenvalue weighted by Crippen LogP contribution is 2.44. The summed E-state index contributed by atoms with van der Waals surface area (Å²) < 4.78 is 13.1. The van der Waals surface area contributed by atoms with Crippen molar-refractivity contribution in [1.82, 2.24) is 0 Å². The standard InChI is InChI=1S/2C21H40OSi/c1-8-9-10-11-12-13-20-19(15-14-17(2)3)18(4)16-21(20)22-23(5,6)7;1-8-9-10-11-12-13-19-18(4)16-21(22-23(5,6)7)20(19)15-14-17(2)3/h2*11-12,14-15,17-21H,8-10,13,16H2,1-7H3/b2*12-11-,15-14?/t18-,19+,20?,21+;18-,19?,20+,21+/m10/s1. The largest absolute Gasteiger partial charge is 0.414 e. The number of allylic oxidation sites excluding steroid dienone is 7. The van der Waals surface area contributed by atoms with Crippen molar-refractivity contribution in [3.8, 4) is 0 Å². The highest BCUT2D eigenvalue weighted by atomic mass is 28.4. The van der Waals surface area contributed by atoms with Crippen LogP contribution in [-0.4, -0.2) is 28.8 Å². The third-order valence-corrected chi connectivity index (χ3v) is 11.6. The van der Waals surface area contributed by atoms with Crippen molar-refractivity contribution in [3.63, 3.8) is 0 Å². The molecule has 2 fully saturated rings. The molecule has 0 aliphatic heterocycles. The van der Waals surface area contributed by atoms with E-state index in [4.69, 9.17) is 8.85 Å². The zero-order valence-electron chi connectivity index (χ0n) is 33.3. The molecule has 0 aromatic heterocycles. The summed E-state index contributed by atoms with van der Waals surface area (Å²) >= 11 is 0. The van der Waals surface area contributed by atoms with Crippen LogP contribution in [-0.2, 0) is 8.85 Å². The minimum Gasteiger partial charge on any atom is -0.414 e. The van der Waals surface area contributed by atoms with Crippen molar-refractivity contribution in [2.24, 2.45) is 47.3 Å². The molecule has 2 aliphatic carbocycles. The Morgan fingerprint density at radius 1 is 0.587 bits per heavy atom. The summed E-state index contributed by atoms with van der Waals surface area (Å²) in [6, 6.07) is 0. The van der Waals surface area contributed by atoms with E-state index >= 15 is 0 Å². The van der Waals surface area contributed by atoms with E-state index < -0.39 is 16.6 Å². The molecule has 0 spiro atoms. The van der Waals surface area contributed by atoms with Crippen LogP contribution in [0.5, 0.6) is 0 Å². The normalized spacial score (nSPS) is 29.4. The van der Waals surface area contributed by atoms with Gasteiger partial charge in [-0.3, -0.25) is 0 Å². The lowest BCUT2D eigenvalue weighted by atomic mass is 9.86. The Hall–Kier alpha value is -0.686. The molecule has 0 bridgehead atoms. The summed E-state index contributed by atoms with van der Waals surface area (Å²) in [4.78, 5) is 0. The Bertz CT molecular complexity index is 904. The lowest BCUT2D eigenvalue weighted by molar-refractivity contribution is 0.143. The molecule has 46 heavy (non-hydrogen) atoms. The maximum absolute atomic E-state index is 6.57. The van der Waals surface area contributed by atoms with E-state index in [0.29, 0.717) is 41.8 Å². The Morgan fingerprint density at radius 2 is 1.02 bits per heavy atom. The molecule has 0 radical (unpaired) electrons. The Labute approximate surface area is 291 Å². The summed E-state index contributed by atoms with van der Waals surface area (Å²) in [7, 11) is -2.96. The lowest BCUT2D eigenvalue weighted by Crippen LogP contribution is -2.34. The highest BCUT2D eigenvalue weighted by molar-refractivity contribution is 6.70. The van der Waals surface area contributed by atoms with Gasteiger partial charge in [0.2, 0.25) is 0 Å². The van der Waals surface area contributed by atoms with Gasteiger partial charge in [-0.25, -0.2) is 0 Å². The third kappa shape index (κ3) is 18.2. The van der Waals surface area contributed by atoms with E-state index in [1.54, 1.807) is 0 Å². The van der Waals surface area contributed by atoms with Gasteiger partial charge in [0.25, 0.3) is 0 Å². The lowest BCUT2D eigenvalue weighted by Gasteiger charge is -2.29. The predicted molar refractivity (Wildman–Crippen MR) is 212 cm³/mol. The summed E-state index contributed by atoms with van der Waals surface area (Å²) in [6.07, 6.45) is 32.8. The quantitative estimate of drug-likeness (QED) is 0.0819. The first-order chi connectivity index (χ1) is 21.5. The van der Waals surface area contributed by atoms with Gasteiger partial charge in [0.05, 0.1) is 6.10 Å². The van der Waals surface area contributed by atoms with E-state index in [2.05, 4.69) is 143 Å². The molecule has 2 rings (SSSR count). The van der Waals surface area contributed by atoms with Crippen molar-refractivity contribution in [3.05, 3.63) is 48.6 Å². The van der Waals surface area contributed by atoms with Gasteiger partial charge in [-0.15, -0.1) is 0 Å². The van der Waals surface area contributed by atoms with Gasteiger partial charge in [0.1, 0.15) is 0 Å². The van der Waals surface area contributed by atoms with Crippen LogP contribution in [0.25, 0.3) is 0 Å². The topological polar surface area (TPSA) is 18.5 Å². The summed E-state index contributed by atoms with van der Waals surface area (Å²) in [5.74, 6) is 5.42. The fraction of sp³-hybridized carbons (Fsp3) is 0.810. The maximum atomic E-state index is 6.57. The molecule has 0 saturated heterocycles. The number of rotatable bonds is 18. The number of hydrogen-bond acceptors (Lipinski definition) is 2. The molecule has 2 saturated carbocycles. The van der Waals surface area contributed by atoms with Crippen molar-refractivity contribution in [1.29, 1.82) is 0 Å². The fourth-order valence-electron chi connectivity index (χ4n) is 7.28. The van der Waals surface area contributed by atoms with Crippen LogP contribution >= 0.6 is 0 Å². The zero-order chi connectivity index (χ0) is 34.9. The Balaban J connectivity index is 0.000000460. The van der Waals surface area contributed by atoms with Gasteiger partial charge in [-0.05, 0) is 119 Å².